The number of carbonyl (C=O) groups is 1. The smallest absolute Gasteiger partial charge is 0.259 e. The van der Waals surface area contributed by atoms with E-state index in [4.69, 9.17) is 4.52 Å². The van der Waals surface area contributed by atoms with Gasteiger partial charge in [-0.1, -0.05) is 19.0 Å². The van der Waals surface area contributed by atoms with Crippen LogP contribution in [0.15, 0.2) is 34.9 Å². The molecule has 6 nitrogen and oxygen atoms in total. The Bertz CT molecular complexity index is 1140. The number of nitrogens with zero attached hydrogens (tertiary/aromatic N) is 2. The molecule has 132 valence electrons. The summed E-state index contributed by atoms with van der Waals surface area (Å²) in [7, 11) is 0. The largest absolute Gasteiger partial charge is 0.359 e. The van der Waals surface area contributed by atoms with Gasteiger partial charge in [-0.15, -0.1) is 0 Å². The van der Waals surface area contributed by atoms with Crippen molar-refractivity contribution in [3.05, 3.63) is 53.0 Å². The van der Waals surface area contributed by atoms with E-state index in [0.29, 0.717) is 22.4 Å². The Kier molecular flexibility index (Phi) is 3.76. The van der Waals surface area contributed by atoms with Crippen LogP contribution in [0.5, 0.6) is 0 Å². The third kappa shape index (κ3) is 2.73. The average molecular weight is 348 g/mol. The van der Waals surface area contributed by atoms with E-state index in [-0.39, 0.29) is 11.8 Å². The maximum absolute atomic E-state index is 13.0. The van der Waals surface area contributed by atoms with E-state index in [2.05, 4.69) is 26.5 Å². The van der Waals surface area contributed by atoms with Gasteiger partial charge in [0.1, 0.15) is 0 Å². The number of amides is 1. The van der Waals surface area contributed by atoms with Crippen LogP contribution in [-0.2, 0) is 0 Å². The summed E-state index contributed by atoms with van der Waals surface area (Å²) in [5.41, 5.74) is 5.26. The number of benzene rings is 1. The van der Waals surface area contributed by atoms with Crippen LogP contribution in [0.4, 0.5) is 5.69 Å². The van der Waals surface area contributed by atoms with E-state index >= 15 is 0 Å². The van der Waals surface area contributed by atoms with Crippen molar-refractivity contribution < 1.29 is 9.32 Å². The lowest BCUT2D eigenvalue weighted by Crippen LogP contribution is -2.13. The SMILES string of the molecule is Cc1cc2cc(NC(=O)c3cc(C(C)C)nc4onc(C)c34)ccc2[nH]1. The van der Waals surface area contributed by atoms with E-state index in [1.165, 1.54) is 0 Å². The van der Waals surface area contributed by atoms with Crippen LogP contribution in [0.2, 0.25) is 0 Å². The van der Waals surface area contributed by atoms with E-state index in [0.717, 1.165) is 28.0 Å². The van der Waals surface area contributed by atoms with Crippen LogP contribution in [0, 0.1) is 13.8 Å². The Hall–Kier alpha value is -3.15. The van der Waals surface area contributed by atoms with Gasteiger partial charge in [-0.05, 0) is 50.1 Å². The van der Waals surface area contributed by atoms with Crippen molar-refractivity contribution in [1.29, 1.82) is 0 Å². The van der Waals surface area contributed by atoms with Gasteiger partial charge in [0.15, 0.2) is 0 Å². The van der Waals surface area contributed by atoms with Gasteiger partial charge >= 0.3 is 0 Å². The van der Waals surface area contributed by atoms with Gasteiger partial charge in [-0.3, -0.25) is 4.79 Å². The highest BCUT2D eigenvalue weighted by Crippen LogP contribution is 2.26. The zero-order valence-corrected chi connectivity index (χ0v) is 15.2. The zero-order valence-electron chi connectivity index (χ0n) is 15.2. The molecule has 0 atom stereocenters. The summed E-state index contributed by atoms with van der Waals surface area (Å²) >= 11 is 0. The number of anilines is 1. The lowest BCUT2D eigenvalue weighted by atomic mass is 10.0. The molecule has 2 N–H and O–H groups in total. The first kappa shape index (κ1) is 16.3. The minimum Gasteiger partial charge on any atom is -0.359 e. The van der Waals surface area contributed by atoms with Crippen molar-refractivity contribution in [2.75, 3.05) is 5.32 Å². The molecule has 6 heteroatoms. The summed E-state index contributed by atoms with van der Waals surface area (Å²) in [6.07, 6.45) is 0. The monoisotopic (exact) mass is 348 g/mol. The number of H-pyrrole nitrogens is 1. The number of rotatable bonds is 3. The third-order valence-corrected chi connectivity index (χ3v) is 4.49. The molecule has 0 spiro atoms. The fraction of sp³-hybridized carbons (Fsp3) is 0.250. The molecule has 4 aromatic rings. The number of nitrogens with one attached hydrogen (secondary N) is 2. The second kappa shape index (κ2) is 5.98. The van der Waals surface area contributed by atoms with Crippen LogP contribution >= 0.6 is 0 Å². The van der Waals surface area contributed by atoms with E-state index in [1.54, 1.807) is 0 Å². The van der Waals surface area contributed by atoms with Crippen LogP contribution in [0.1, 0.15) is 47.2 Å². The van der Waals surface area contributed by atoms with Crippen LogP contribution in [-0.4, -0.2) is 21.0 Å². The summed E-state index contributed by atoms with van der Waals surface area (Å²) in [6.45, 7) is 7.88. The van der Waals surface area contributed by atoms with Crippen LogP contribution in [0.25, 0.3) is 22.0 Å². The van der Waals surface area contributed by atoms with Gasteiger partial charge in [-0.25, -0.2) is 4.98 Å². The van der Waals surface area contributed by atoms with Crippen molar-refractivity contribution in [2.45, 2.75) is 33.6 Å². The van der Waals surface area contributed by atoms with Crippen molar-refractivity contribution in [3.63, 3.8) is 0 Å². The van der Waals surface area contributed by atoms with Gasteiger partial charge in [0.2, 0.25) is 0 Å². The molecule has 3 heterocycles. The van der Waals surface area contributed by atoms with Gasteiger partial charge in [0.25, 0.3) is 11.6 Å². The normalized spacial score (nSPS) is 11.6. The molecule has 0 aliphatic rings. The lowest BCUT2D eigenvalue weighted by molar-refractivity contribution is 0.102. The van der Waals surface area contributed by atoms with Crippen molar-refractivity contribution in [2.24, 2.45) is 0 Å². The summed E-state index contributed by atoms with van der Waals surface area (Å²) in [5.74, 6) is -0.0206. The molecular formula is C20H20N4O2. The van der Waals surface area contributed by atoms with Gasteiger partial charge in [-0.2, -0.15) is 0 Å². The molecule has 0 saturated heterocycles. The van der Waals surface area contributed by atoms with Crippen LogP contribution < -0.4 is 5.32 Å². The number of aromatic amines is 1. The first-order valence-electron chi connectivity index (χ1n) is 8.60. The molecule has 0 saturated carbocycles. The van der Waals surface area contributed by atoms with E-state index in [9.17, 15) is 4.79 Å². The standard InChI is InChI=1S/C20H20N4O2/c1-10(2)17-9-15(18-12(4)24-26-20(18)23-17)19(25)22-14-5-6-16-13(8-14)7-11(3)21-16/h5-10,21H,1-4H3,(H,22,25). The van der Waals surface area contributed by atoms with Crippen molar-refractivity contribution in [1.82, 2.24) is 15.1 Å². The number of fused-ring (bicyclic) bond motifs is 2. The minimum absolute atomic E-state index is 0.176. The molecule has 0 aliphatic carbocycles. The number of carbonyl (C=O) groups excluding carboxylic acids is 1. The molecule has 4 rings (SSSR count). The summed E-state index contributed by atoms with van der Waals surface area (Å²) in [4.78, 5) is 20.7. The third-order valence-electron chi connectivity index (χ3n) is 4.49. The maximum Gasteiger partial charge on any atom is 0.259 e. The predicted molar refractivity (Wildman–Crippen MR) is 102 cm³/mol. The fourth-order valence-electron chi connectivity index (χ4n) is 3.14. The van der Waals surface area contributed by atoms with Gasteiger partial charge in [0, 0.05) is 28.0 Å². The molecule has 0 aliphatic heterocycles. The topological polar surface area (TPSA) is 83.8 Å². The van der Waals surface area contributed by atoms with Gasteiger partial charge in [0.05, 0.1) is 16.6 Å². The lowest BCUT2D eigenvalue weighted by Gasteiger charge is -2.10. The molecular weight excluding hydrogens is 328 g/mol. The summed E-state index contributed by atoms with van der Waals surface area (Å²) < 4.78 is 5.30. The predicted octanol–water partition coefficient (Wildman–Crippen LogP) is 4.70. The number of aryl methyl sites for hydroxylation is 2. The molecule has 0 fully saturated rings. The highest BCUT2D eigenvalue weighted by Gasteiger charge is 2.20. The molecule has 0 unspecified atom stereocenters. The molecule has 26 heavy (non-hydrogen) atoms. The molecule has 1 amide bonds. The Balaban J connectivity index is 1.75. The zero-order chi connectivity index (χ0) is 18.4. The first-order chi connectivity index (χ1) is 12.4. The van der Waals surface area contributed by atoms with Crippen LogP contribution in [0.3, 0.4) is 0 Å². The molecule has 0 radical (unpaired) electrons. The molecule has 3 aromatic heterocycles. The quantitative estimate of drug-likeness (QED) is 0.562. The number of hydrogen-bond donors (Lipinski definition) is 2. The second-order valence-corrected chi connectivity index (χ2v) is 6.91. The maximum atomic E-state index is 13.0. The number of pyridine rings is 1. The second-order valence-electron chi connectivity index (χ2n) is 6.91. The Morgan fingerprint density at radius 3 is 2.77 bits per heavy atom. The average Bonchev–Trinajstić information content (AvgIpc) is 3.15. The Labute approximate surface area is 150 Å². The van der Waals surface area contributed by atoms with E-state index in [1.807, 2.05) is 52.0 Å². The molecule has 0 bridgehead atoms. The van der Waals surface area contributed by atoms with Crippen molar-refractivity contribution >= 4 is 33.6 Å². The summed E-state index contributed by atoms with van der Waals surface area (Å²) in [6, 6.07) is 9.68. The Morgan fingerprint density at radius 1 is 1.19 bits per heavy atom. The molecule has 1 aromatic carbocycles. The fourth-order valence-corrected chi connectivity index (χ4v) is 3.14. The number of hydrogen-bond acceptors (Lipinski definition) is 4. The minimum atomic E-state index is -0.197. The number of aromatic nitrogens is 3. The highest BCUT2D eigenvalue weighted by molar-refractivity contribution is 6.12. The van der Waals surface area contributed by atoms with E-state index < -0.39 is 0 Å². The van der Waals surface area contributed by atoms with Crippen molar-refractivity contribution in [3.8, 4) is 0 Å². The van der Waals surface area contributed by atoms with Gasteiger partial charge < -0.3 is 14.8 Å². The Morgan fingerprint density at radius 2 is 2.00 bits per heavy atom. The first-order valence-corrected chi connectivity index (χ1v) is 8.60. The highest BCUT2D eigenvalue weighted by atomic mass is 16.5. The summed E-state index contributed by atoms with van der Waals surface area (Å²) in [5, 5.41) is 8.67.